The van der Waals surface area contributed by atoms with Gasteiger partial charge in [-0.15, -0.1) is 0 Å². The number of nitrogens with two attached hydrogens (primary N) is 1. The summed E-state index contributed by atoms with van der Waals surface area (Å²) in [6.45, 7) is 0. The number of anilines is 1. The van der Waals surface area contributed by atoms with Gasteiger partial charge in [0.25, 0.3) is 10.0 Å². The van der Waals surface area contributed by atoms with Gasteiger partial charge in [-0.1, -0.05) is 4.89 Å². The summed E-state index contributed by atoms with van der Waals surface area (Å²) in [4.78, 5) is 1.07. The van der Waals surface area contributed by atoms with Crippen LogP contribution in [0, 0.1) is 0 Å². The molecule has 1 aromatic carbocycles. The molecule has 0 saturated carbocycles. The first-order valence-corrected chi connectivity index (χ1v) is 5.09. The summed E-state index contributed by atoms with van der Waals surface area (Å²) in [5.41, 5.74) is 5.67. The van der Waals surface area contributed by atoms with E-state index in [-0.39, 0.29) is 10.6 Å². The van der Waals surface area contributed by atoms with Crippen molar-refractivity contribution < 1.29 is 18.4 Å². The highest BCUT2D eigenvalue weighted by atomic mass is 32.2. The Balaban J connectivity index is 3.22. The van der Waals surface area contributed by atoms with Crippen LogP contribution in [0.3, 0.4) is 0 Å². The van der Waals surface area contributed by atoms with Crippen molar-refractivity contribution in [2.75, 3.05) is 12.8 Å². The lowest BCUT2D eigenvalue weighted by molar-refractivity contribution is 0.242. The molecule has 0 atom stereocenters. The van der Waals surface area contributed by atoms with Crippen LogP contribution in [0.1, 0.15) is 0 Å². The van der Waals surface area contributed by atoms with Crippen LogP contribution in [0.25, 0.3) is 0 Å². The molecule has 0 radical (unpaired) electrons. The maximum atomic E-state index is 11.1. The van der Waals surface area contributed by atoms with Gasteiger partial charge in [0.05, 0.1) is 17.7 Å². The second-order valence-electron chi connectivity index (χ2n) is 2.50. The molecule has 0 spiro atoms. The van der Waals surface area contributed by atoms with Crippen LogP contribution >= 0.6 is 0 Å². The molecule has 4 N–H and O–H groups in total. The number of nitrogen functional groups attached to an aromatic ring is 1. The quantitative estimate of drug-likeness (QED) is 0.487. The predicted molar refractivity (Wildman–Crippen MR) is 49.5 cm³/mol. The number of nitrogens with one attached hydrogen (secondary N) is 1. The second-order valence-corrected chi connectivity index (χ2v) is 4.16. The molecule has 0 saturated heterocycles. The molecule has 0 heterocycles. The van der Waals surface area contributed by atoms with Crippen LogP contribution in [-0.2, 0) is 10.0 Å². The first kappa shape index (κ1) is 10.8. The smallest absolute Gasteiger partial charge is 0.262 e. The third-order valence-electron chi connectivity index (χ3n) is 1.63. The van der Waals surface area contributed by atoms with Crippen molar-refractivity contribution in [2.24, 2.45) is 0 Å². The van der Waals surface area contributed by atoms with Crippen molar-refractivity contribution in [3.05, 3.63) is 18.2 Å². The normalized spacial score (nSPS) is 11.3. The number of rotatable bonds is 3. The molecular formula is C7H10N2O4S. The van der Waals surface area contributed by atoms with Crippen LogP contribution in [-0.4, -0.2) is 20.7 Å². The highest BCUT2D eigenvalue weighted by Gasteiger charge is 2.13. The van der Waals surface area contributed by atoms with E-state index in [1.165, 1.54) is 30.2 Å². The SMILES string of the molecule is COc1ccc(S(=O)(=O)NO)cc1N. The molecule has 7 heteroatoms. The lowest BCUT2D eigenvalue weighted by Gasteiger charge is -2.06. The van der Waals surface area contributed by atoms with E-state index in [0.717, 1.165) is 0 Å². The van der Waals surface area contributed by atoms with Gasteiger partial charge in [-0.3, -0.25) is 0 Å². The maximum absolute atomic E-state index is 11.1. The number of hydrogen-bond acceptors (Lipinski definition) is 5. The van der Waals surface area contributed by atoms with Crippen LogP contribution in [0.15, 0.2) is 23.1 Å². The lowest BCUT2D eigenvalue weighted by Crippen LogP contribution is -2.19. The highest BCUT2D eigenvalue weighted by Crippen LogP contribution is 2.23. The van der Waals surface area contributed by atoms with E-state index in [9.17, 15) is 8.42 Å². The van der Waals surface area contributed by atoms with Gasteiger partial charge < -0.3 is 15.7 Å². The average Bonchev–Trinajstić information content (AvgIpc) is 2.17. The molecule has 0 aliphatic carbocycles. The summed E-state index contributed by atoms with van der Waals surface area (Å²) < 4.78 is 27.0. The average molecular weight is 218 g/mol. The summed E-state index contributed by atoms with van der Waals surface area (Å²) in [7, 11) is -2.45. The highest BCUT2D eigenvalue weighted by molar-refractivity contribution is 7.89. The van der Waals surface area contributed by atoms with Crippen molar-refractivity contribution in [3.63, 3.8) is 0 Å². The van der Waals surface area contributed by atoms with Crippen molar-refractivity contribution in [1.29, 1.82) is 0 Å². The Labute approximate surface area is 81.3 Å². The van der Waals surface area contributed by atoms with Gasteiger partial charge in [-0.2, -0.15) is 0 Å². The molecular weight excluding hydrogens is 208 g/mol. The Bertz CT molecular complexity index is 429. The van der Waals surface area contributed by atoms with Crippen molar-refractivity contribution in [1.82, 2.24) is 4.89 Å². The van der Waals surface area contributed by atoms with Gasteiger partial charge in [-0.25, -0.2) is 8.42 Å². The zero-order chi connectivity index (χ0) is 10.8. The Hall–Kier alpha value is -1.31. The third kappa shape index (κ3) is 1.95. The van der Waals surface area contributed by atoms with E-state index in [1.54, 1.807) is 0 Å². The Morgan fingerprint density at radius 3 is 2.57 bits per heavy atom. The van der Waals surface area contributed by atoms with E-state index >= 15 is 0 Å². The molecule has 0 amide bonds. The number of ether oxygens (including phenoxy) is 1. The number of benzene rings is 1. The van der Waals surface area contributed by atoms with Crippen molar-refractivity contribution in [3.8, 4) is 5.75 Å². The fraction of sp³-hybridized carbons (Fsp3) is 0.143. The Morgan fingerprint density at radius 1 is 1.50 bits per heavy atom. The molecule has 14 heavy (non-hydrogen) atoms. The fourth-order valence-electron chi connectivity index (χ4n) is 0.932. The summed E-state index contributed by atoms with van der Waals surface area (Å²) in [5.74, 6) is 0.377. The molecule has 0 aromatic heterocycles. The van der Waals surface area contributed by atoms with Gasteiger partial charge in [0.15, 0.2) is 0 Å². The molecule has 0 unspecified atom stereocenters. The van der Waals surface area contributed by atoms with E-state index in [1.807, 2.05) is 0 Å². The molecule has 6 nitrogen and oxygen atoms in total. The standard InChI is InChI=1S/C7H10N2O4S/c1-13-7-3-2-5(4-6(7)8)14(11,12)9-10/h2-4,9-10H,8H2,1H3. The van der Waals surface area contributed by atoms with Crippen molar-refractivity contribution >= 4 is 15.7 Å². The zero-order valence-electron chi connectivity index (χ0n) is 7.39. The summed E-state index contributed by atoms with van der Waals surface area (Å²) in [5, 5.41) is 8.35. The van der Waals surface area contributed by atoms with Crippen LogP contribution < -0.4 is 15.4 Å². The molecule has 1 rings (SSSR count). The molecule has 0 fully saturated rings. The van der Waals surface area contributed by atoms with Crippen LogP contribution in [0.2, 0.25) is 0 Å². The molecule has 0 bridgehead atoms. The van der Waals surface area contributed by atoms with Gasteiger partial charge in [-0.05, 0) is 18.2 Å². The van der Waals surface area contributed by atoms with Crippen LogP contribution in [0.4, 0.5) is 5.69 Å². The van der Waals surface area contributed by atoms with Crippen LogP contribution in [0.5, 0.6) is 5.75 Å². The molecule has 78 valence electrons. The summed E-state index contributed by atoms with van der Waals surface area (Å²) in [6.07, 6.45) is 0. The number of hydrogen-bond donors (Lipinski definition) is 3. The first-order chi connectivity index (χ1) is 6.51. The second kappa shape index (κ2) is 3.82. The Kier molecular flexibility index (Phi) is 2.94. The first-order valence-electron chi connectivity index (χ1n) is 3.60. The third-order valence-corrected chi connectivity index (χ3v) is 2.75. The molecule has 0 aliphatic heterocycles. The molecule has 0 aliphatic rings. The zero-order valence-corrected chi connectivity index (χ0v) is 8.21. The van der Waals surface area contributed by atoms with Gasteiger partial charge in [0, 0.05) is 0 Å². The maximum Gasteiger partial charge on any atom is 0.262 e. The Morgan fingerprint density at radius 2 is 2.14 bits per heavy atom. The minimum absolute atomic E-state index is 0.127. The number of methoxy groups -OCH3 is 1. The lowest BCUT2D eigenvalue weighted by atomic mass is 10.3. The van der Waals surface area contributed by atoms with E-state index in [0.29, 0.717) is 5.75 Å². The van der Waals surface area contributed by atoms with E-state index in [2.05, 4.69) is 0 Å². The topological polar surface area (TPSA) is 102 Å². The van der Waals surface area contributed by atoms with E-state index in [4.69, 9.17) is 15.7 Å². The van der Waals surface area contributed by atoms with Gasteiger partial charge >= 0.3 is 0 Å². The monoisotopic (exact) mass is 218 g/mol. The largest absolute Gasteiger partial charge is 0.495 e. The minimum Gasteiger partial charge on any atom is -0.495 e. The van der Waals surface area contributed by atoms with Gasteiger partial charge in [0.2, 0.25) is 0 Å². The van der Waals surface area contributed by atoms with E-state index < -0.39 is 10.0 Å². The summed E-state index contributed by atoms with van der Waals surface area (Å²) >= 11 is 0. The molecule has 1 aromatic rings. The summed E-state index contributed by atoms with van der Waals surface area (Å²) in [6, 6.07) is 3.87. The van der Waals surface area contributed by atoms with Gasteiger partial charge in [0.1, 0.15) is 5.75 Å². The fourth-order valence-corrected chi connectivity index (χ4v) is 1.57. The predicted octanol–water partition coefficient (Wildman–Crippen LogP) is -0.0551. The van der Waals surface area contributed by atoms with Crippen molar-refractivity contribution in [2.45, 2.75) is 4.90 Å². The minimum atomic E-state index is -3.88. The number of sulfonamides is 1.